The Morgan fingerprint density at radius 2 is 2.00 bits per heavy atom. The summed E-state index contributed by atoms with van der Waals surface area (Å²) < 4.78 is 3.53. The van der Waals surface area contributed by atoms with E-state index < -0.39 is 0 Å². The first-order valence-electron chi connectivity index (χ1n) is 12.4. The number of carbonyl (C=O) groups is 1. The summed E-state index contributed by atoms with van der Waals surface area (Å²) in [5, 5.41) is 3.32. The van der Waals surface area contributed by atoms with E-state index in [4.69, 9.17) is 4.98 Å². The summed E-state index contributed by atoms with van der Waals surface area (Å²) in [6, 6.07) is 4.35. The van der Waals surface area contributed by atoms with Gasteiger partial charge in [0.1, 0.15) is 0 Å². The molecule has 2 aliphatic rings. The Bertz CT molecular complexity index is 1080. The number of rotatable bonds is 4. The van der Waals surface area contributed by atoms with Gasteiger partial charge in [-0.25, -0.2) is 9.78 Å². The summed E-state index contributed by atoms with van der Waals surface area (Å²) in [5.74, 6) is 0.645. The van der Waals surface area contributed by atoms with Crippen molar-refractivity contribution in [2.24, 2.45) is 23.8 Å². The van der Waals surface area contributed by atoms with Crippen LogP contribution in [0.2, 0.25) is 0 Å². The number of aryl methyl sites for hydroxylation is 1. The second kappa shape index (κ2) is 8.57. The minimum atomic E-state index is -0.0114. The van der Waals surface area contributed by atoms with Crippen LogP contribution in [0.4, 0.5) is 0 Å². The van der Waals surface area contributed by atoms with Crippen molar-refractivity contribution in [3.05, 3.63) is 28.3 Å². The second-order valence-electron chi connectivity index (χ2n) is 12.2. The molecular weight excluding hydrogens is 414 g/mol. The van der Waals surface area contributed by atoms with Gasteiger partial charge in [-0.15, -0.1) is 0 Å². The van der Waals surface area contributed by atoms with Gasteiger partial charge in [0.15, 0.2) is 5.65 Å². The Hall–Kier alpha value is -2.15. The lowest BCUT2D eigenvalue weighted by molar-refractivity contribution is -0.139. The molecular formula is C26H41N5O2. The highest BCUT2D eigenvalue weighted by Crippen LogP contribution is 2.45. The molecule has 7 nitrogen and oxygen atoms in total. The zero-order valence-corrected chi connectivity index (χ0v) is 21.4. The molecule has 1 amide bonds. The molecule has 0 radical (unpaired) electrons. The highest BCUT2D eigenvalue weighted by molar-refractivity contribution is 5.79. The average molecular weight is 456 g/mol. The van der Waals surface area contributed by atoms with Crippen LogP contribution in [0, 0.1) is 16.7 Å². The van der Waals surface area contributed by atoms with E-state index in [0.29, 0.717) is 6.54 Å². The van der Waals surface area contributed by atoms with Crippen LogP contribution >= 0.6 is 0 Å². The van der Waals surface area contributed by atoms with Crippen molar-refractivity contribution in [3.8, 4) is 0 Å². The predicted octanol–water partition coefficient (Wildman–Crippen LogP) is 3.51. The molecule has 2 aromatic heterocycles. The summed E-state index contributed by atoms with van der Waals surface area (Å²) in [6.45, 7) is 13.4. The highest BCUT2D eigenvalue weighted by Gasteiger charge is 2.42. The van der Waals surface area contributed by atoms with Gasteiger partial charge in [-0.1, -0.05) is 34.6 Å². The number of carbonyl (C=O) groups excluding carboxylic acids is 1. The molecule has 2 fully saturated rings. The molecule has 1 aliphatic carbocycles. The molecule has 4 rings (SSSR count). The molecule has 1 aliphatic heterocycles. The van der Waals surface area contributed by atoms with Crippen LogP contribution in [-0.4, -0.2) is 51.1 Å². The fraction of sp³-hybridized carbons (Fsp3) is 0.731. The molecule has 33 heavy (non-hydrogen) atoms. The first-order chi connectivity index (χ1) is 15.4. The zero-order valence-electron chi connectivity index (χ0n) is 21.4. The molecule has 3 atom stereocenters. The summed E-state index contributed by atoms with van der Waals surface area (Å²) in [7, 11) is 3.80. The molecule has 1 saturated carbocycles. The Kier molecular flexibility index (Phi) is 6.23. The number of imidazole rings is 1. The van der Waals surface area contributed by atoms with Crippen molar-refractivity contribution in [3.63, 3.8) is 0 Å². The third kappa shape index (κ3) is 4.61. The van der Waals surface area contributed by atoms with Crippen LogP contribution in [-0.2, 0) is 18.4 Å². The third-order valence-electron chi connectivity index (χ3n) is 7.82. The number of nitrogens with zero attached hydrogens (tertiary/aromatic N) is 4. The maximum Gasteiger partial charge on any atom is 0.330 e. The van der Waals surface area contributed by atoms with Gasteiger partial charge in [-0.2, -0.15) is 0 Å². The Morgan fingerprint density at radius 3 is 2.64 bits per heavy atom. The molecule has 3 unspecified atom stereocenters. The van der Waals surface area contributed by atoms with Gasteiger partial charge in [-0.3, -0.25) is 13.9 Å². The quantitative estimate of drug-likeness (QED) is 0.766. The van der Waals surface area contributed by atoms with E-state index in [1.54, 1.807) is 4.57 Å². The van der Waals surface area contributed by atoms with Crippen LogP contribution in [0.25, 0.3) is 11.2 Å². The van der Waals surface area contributed by atoms with E-state index >= 15 is 0 Å². The summed E-state index contributed by atoms with van der Waals surface area (Å²) in [5.41, 5.74) is 2.75. The van der Waals surface area contributed by atoms with Gasteiger partial charge in [0, 0.05) is 44.8 Å². The fourth-order valence-corrected chi connectivity index (χ4v) is 5.82. The predicted molar refractivity (Wildman–Crippen MR) is 132 cm³/mol. The van der Waals surface area contributed by atoms with E-state index in [2.05, 4.69) is 52.1 Å². The van der Waals surface area contributed by atoms with Crippen LogP contribution in [0.5, 0.6) is 0 Å². The lowest BCUT2D eigenvalue weighted by Crippen LogP contribution is -2.51. The standard InChI is InChI=1S/C26H41N5O2/c1-25(2,3)16-31-20-9-8-19(28-22(20)30(7)24(31)33)17-10-12-26(4,5)21(14-17)29(6)23(32)18-11-13-27-15-18/h8-9,17-18,21,27H,10-16H2,1-7H3. The van der Waals surface area contributed by atoms with Crippen molar-refractivity contribution in [1.82, 2.24) is 24.3 Å². The number of nitrogens with one attached hydrogen (secondary N) is 1. The van der Waals surface area contributed by atoms with Crippen LogP contribution in [0.1, 0.15) is 71.9 Å². The van der Waals surface area contributed by atoms with Crippen molar-refractivity contribution >= 4 is 17.1 Å². The first kappa shape index (κ1) is 24.0. The molecule has 0 bridgehead atoms. The van der Waals surface area contributed by atoms with Crippen molar-refractivity contribution in [1.29, 1.82) is 0 Å². The average Bonchev–Trinajstić information content (AvgIpc) is 3.36. The minimum absolute atomic E-state index is 0.00488. The van der Waals surface area contributed by atoms with Crippen molar-refractivity contribution < 1.29 is 4.79 Å². The molecule has 1 N–H and O–H groups in total. The topological polar surface area (TPSA) is 72.2 Å². The number of hydrogen-bond donors (Lipinski definition) is 1. The second-order valence-corrected chi connectivity index (χ2v) is 12.2. The van der Waals surface area contributed by atoms with E-state index in [1.807, 2.05) is 23.6 Å². The lowest BCUT2D eigenvalue weighted by Gasteiger charge is -2.47. The van der Waals surface area contributed by atoms with Crippen LogP contribution < -0.4 is 11.0 Å². The Morgan fingerprint density at radius 1 is 1.27 bits per heavy atom. The summed E-state index contributed by atoms with van der Waals surface area (Å²) in [6.07, 6.45) is 3.93. The zero-order chi connectivity index (χ0) is 24.1. The maximum atomic E-state index is 13.2. The van der Waals surface area contributed by atoms with Gasteiger partial charge in [0.05, 0.1) is 11.4 Å². The number of hydrogen-bond acceptors (Lipinski definition) is 4. The Balaban J connectivity index is 1.62. The SMILES string of the molecule is CN(C(=O)C1CCNC1)C1CC(c2ccc3c(n2)n(C)c(=O)n3CC(C)(C)C)CCC1(C)C. The number of aromatic nitrogens is 3. The van der Waals surface area contributed by atoms with Gasteiger partial charge in [-0.05, 0) is 55.2 Å². The van der Waals surface area contributed by atoms with E-state index in [-0.39, 0.29) is 40.3 Å². The van der Waals surface area contributed by atoms with Gasteiger partial charge < -0.3 is 10.2 Å². The minimum Gasteiger partial charge on any atom is -0.342 e. The molecule has 1 saturated heterocycles. The van der Waals surface area contributed by atoms with Gasteiger partial charge >= 0.3 is 5.69 Å². The monoisotopic (exact) mass is 455 g/mol. The summed E-state index contributed by atoms with van der Waals surface area (Å²) >= 11 is 0. The van der Waals surface area contributed by atoms with Crippen LogP contribution in [0.3, 0.4) is 0 Å². The fourth-order valence-electron chi connectivity index (χ4n) is 5.82. The number of pyridine rings is 1. The lowest BCUT2D eigenvalue weighted by atomic mass is 9.68. The van der Waals surface area contributed by atoms with Crippen molar-refractivity contribution in [2.45, 2.75) is 78.8 Å². The maximum absolute atomic E-state index is 13.2. The van der Waals surface area contributed by atoms with Gasteiger partial charge in [0.25, 0.3) is 0 Å². The Labute approximate surface area is 197 Å². The normalized spacial score (nSPS) is 25.5. The highest BCUT2D eigenvalue weighted by atomic mass is 16.2. The number of amides is 1. The first-order valence-corrected chi connectivity index (χ1v) is 12.4. The third-order valence-corrected chi connectivity index (χ3v) is 7.82. The molecule has 7 heteroatoms. The van der Waals surface area contributed by atoms with Crippen molar-refractivity contribution in [2.75, 3.05) is 20.1 Å². The summed E-state index contributed by atoms with van der Waals surface area (Å²) in [4.78, 5) is 33.1. The van der Waals surface area contributed by atoms with E-state index in [1.165, 1.54) is 0 Å². The number of fused-ring (bicyclic) bond motifs is 1. The molecule has 2 aromatic rings. The molecule has 0 aromatic carbocycles. The molecule has 3 heterocycles. The van der Waals surface area contributed by atoms with E-state index in [0.717, 1.165) is 55.6 Å². The largest absolute Gasteiger partial charge is 0.342 e. The smallest absolute Gasteiger partial charge is 0.330 e. The molecule has 182 valence electrons. The van der Waals surface area contributed by atoms with Gasteiger partial charge in [0.2, 0.25) is 5.91 Å². The molecule has 0 spiro atoms. The van der Waals surface area contributed by atoms with Crippen LogP contribution in [0.15, 0.2) is 16.9 Å². The van der Waals surface area contributed by atoms with E-state index in [9.17, 15) is 9.59 Å².